The van der Waals surface area contributed by atoms with Crippen LogP contribution < -0.4 is 0 Å². The van der Waals surface area contributed by atoms with Gasteiger partial charge in [-0.3, -0.25) is 0 Å². The van der Waals surface area contributed by atoms with Crippen LogP contribution in [0.3, 0.4) is 0 Å². The topological polar surface area (TPSA) is 0 Å². The maximum absolute atomic E-state index is 2.46. The summed E-state index contributed by atoms with van der Waals surface area (Å²) in [6, 6.07) is 0. The van der Waals surface area contributed by atoms with Crippen LogP contribution in [0.4, 0.5) is 0 Å². The highest BCUT2D eigenvalue weighted by Gasteiger charge is 2.47. The van der Waals surface area contributed by atoms with Gasteiger partial charge < -0.3 is 0 Å². The first kappa shape index (κ1) is 12.0. The minimum absolute atomic E-state index is 0.400. The van der Waals surface area contributed by atoms with Crippen LogP contribution in [0, 0.1) is 22.7 Å². The molecule has 0 amide bonds. The highest BCUT2D eigenvalue weighted by molar-refractivity contribution is 5.33. The lowest BCUT2D eigenvalue weighted by Crippen LogP contribution is -2.44. The zero-order valence-corrected chi connectivity index (χ0v) is 11.7. The van der Waals surface area contributed by atoms with E-state index in [1.165, 1.54) is 12.8 Å². The lowest BCUT2D eigenvalue weighted by atomic mass is 9.51. The molecule has 0 nitrogen and oxygen atoms in total. The highest BCUT2D eigenvalue weighted by atomic mass is 14.5. The molecule has 2 atom stereocenters. The summed E-state index contributed by atoms with van der Waals surface area (Å²) in [4.78, 5) is 0. The summed E-state index contributed by atoms with van der Waals surface area (Å²) in [5.41, 5.74) is 4.10. The van der Waals surface area contributed by atoms with Crippen molar-refractivity contribution in [1.29, 1.82) is 0 Å². The van der Waals surface area contributed by atoms with Crippen molar-refractivity contribution in [1.82, 2.24) is 0 Å². The average molecular weight is 218 g/mol. The smallest absolute Gasteiger partial charge is 0.0104 e. The lowest BCUT2D eigenvalue weighted by molar-refractivity contribution is 0.0547. The van der Waals surface area contributed by atoms with Crippen molar-refractivity contribution in [3.8, 4) is 0 Å². The molecule has 0 bridgehead atoms. The normalized spacial score (nSPS) is 36.1. The van der Waals surface area contributed by atoms with Crippen molar-refractivity contribution in [3.63, 3.8) is 0 Å². The second-order valence-corrected chi connectivity index (χ2v) is 7.20. The molecule has 0 radical (unpaired) electrons. The molecule has 16 heavy (non-hydrogen) atoms. The van der Waals surface area contributed by atoms with Gasteiger partial charge in [-0.2, -0.15) is 0 Å². The molecular formula is C16H26. The predicted molar refractivity (Wildman–Crippen MR) is 71.3 cm³/mol. The standard InChI is InChI=1S/C16H26/c1-11-7-8-13-14(9-11)16(5,6)12(2)10-15(13,3)4/h7-8,12,14H,9-10H2,1-6H3. The molecule has 1 saturated carbocycles. The van der Waals surface area contributed by atoms with Gasteiger partial charge in [0.15, 0.2) is 0 Å². The van der Waals surface area contributed by atoms with Crippen molar-refractivity contribution in [2.45, 2.75) is 54.4 Å². The monoisotopic (exact) mass is 218 g/mol. The van der Waals surface area contributed by atoms with E-state index in [1.807, 2.05) is 0 Å². The fourth-order valence-electron chi connectivity index (χ4n) is 3.70. The third-order valence-corrected chi connectivity index (χ3v) is 5.22. The Bertz CT molecular complexity index is 352. The van der Waals surface area contributed by atoms with Crippen LogP contribution in [0.2, 0.25) is 0 Å². The third kappa shape index (κ3) is 1.67. The molecular weight excluding hydrogens is 192 g/mol. The summed E-state index contributed by atoms with van der Waals surface area (Å²) in [6.45, 7) is 14.5. The Morgan fingerprint density at radius 1 is 1.12 bits per heavy atom. The lowest BCUT2D eigenvalue weighted by Gasteiger charge is -2.53. The van der Waals surface area contributed by atoms with Crippen LogP contribution in [0.1, 0.15) is 54.4 Å². The summed E-state index contributed by atoms with van der Waals surface area (Å²) >= 11 is 0. The van der Waals surface area contributed by atoms with Crippen LogP contribution >= 0.6 is 0 Å². The van der Waals surface area contributed by atoms with Gasteiger partial charge in [-0.15, -0.1) is 0 Å². The van der Waals surface area contributed by atoms with E-state index in [0.717, 1.165) is 11.8 Å². The van der Waals surface area contributed by atoms with Gasteiger partial charge in [0.05, 0.1) is 0 Å². The summed E-state index contributed by atoms with van der Waals surface area (Å²) in [5, 5.41) is 0. The number of allylic oxidation sites excluding steroid dienone is 4. The Hall–Kier alpha value is -0.520. The predicted octanol–water partition coefficient (Wildman–Crippen LogP) is 4.97. The Morgan fingerprint density at radius 2 is 1.75 bits per heavy atom. The molecule has 90 valence electrons. The van der Waals surface area contributed by atoms with Crippen LogP contribution in [0.5, 0.6) is 0 Å². The van der Waals surface area contributed by atoms with E-state index in [0.29, 0.717) is 10.8 Å². The summed E-state index contributed by atoms with van der Waals surface area (Å²) in [6.07, 6.45) is 7.35. The maximum Gasteiger partial charge on any atom is -0.0104 e. The van der Waals surface area contributed by atoms with E-state index in [-0.39, 0.29) is 0 Å². The van der Waals surface area contributed by atoms with E-state index in [4.69, 9.17) is 0 Å². The Labute approximate surface area is 101 Å². The molecule has 1 fully saturated rings. The van der Waals surface area contributed by atoms with Gasteiger partial charge in [-0.05, 0) is 42.4 Å². The fraction of sp³-hybridized carbons (Fsp3) is 0.750. The first-order chi connectivity index (χ1) is 7.25. The first-order valence-electron chi connectivity index (χ1n) is 6.63. The van der Waals surface area contributed by atoms with E-state index >= 15 is 0 Å². The Morgan fingerprint density at radius 3 is 2.38 bits per heavy atom. The van der Waals surface area contributed by atoms with E-state index in [2.05, 4.69) is 53.7 Å². The average Bonchev–Trinajstić information content (AvgIpc) is 2.14. The molecule has 2 unspecified atom stereocenters. The van der Waals surface area contributed by atoms with Crippen LogP contribution in [0.25, 0.3) is 0 Å². The SMILES string of the molecule is CC1=CC=C2C(C1)C(C)(C)C(C)CC2(C)C. The summed E-state index contributed by atoms with van der Waals surface area (Å²) < 4.78 is 0. The van der Waals surface area contributed by atoms with Crippen molar-refractivity contribution in [2.75, 3.05) is 0 Å². The molecule has 2 rings (SSSR count). The molecule has 0 spiro atoms. The van der Waals surface area contributed by atoms with Crippen LogP contribution in [-0.2, 0) is 0 Å². The largest absolute Gasteiger partial charge is 0.0727 e. The third-order valence-electron chi connectivity index (χ3n) is 5.22. The summed E-state index contributed by atoms with van der Waals surface area (Å²) in [5.74, 6) is 1.58. The van der Waals surface area contributed by atoms with Gasteiger partial charge in [0.2, 0.25) is 0 Å². The first-order valence-corrected chi connectivity index (χ1v) is 6.63. The van der Waals surface area contributed by atoms with Gasteiger partial charge in [0.1, 0.15) is 0 Å². The molecule has 0 aromatic carbocycles. The van der Waals surface area contributed by atoms with Crippen LogP contribution in [0.15, 0.2) is 23.3 Å². The van der Waals surface area contributed by atoms with Crippen LogP contribution in [-0.4, -0.2) is 0 Å². The second-order valence-electron chi connectivity index (χ2n) is 7.20. The molecule has 0 heteroatoms. The molecule has 0 aromatic heterocycles. The van der Waals surface area contributed by atoms with Gasteiger partial charge in [0, 0.05) is 0 Å². The quantitative estimate of drug-likeness (QED) is 0.538. The Balaban J connectivity index is 2.46. The Kier molecular flexibility index (Phi) is 2.60. The van der Waals surface area contributed by atoms with Crippen molar-refractivity contribution in [3.05, 3.63) is 23.3 Å². The molecule has 0 heterocycles. The minimum atomic E-state index is 0.400. The highest BCUT2D eigenvalue weighted by Crippen LogP contribution is 2.57. The van der Waals surface area contributed by atoms with E-state index in [1.54, 1.807) is 11.1 Å². The second kappa shape index (κ2) is 3.48. The summed E-state index contributed by atoms with van der Waals surface area (Å²) in [7, 11) is 0. The molecule has 2 aliphatic carbocycles. The molecule has 2 aliphatic rings. The van der Waals surface area contributed by atoms with Gasteiger partial charge >= 0.3 is 0 Å². The molecule has 0 aliphatic heterocycles. The molecule has 0 saturated heterocycles. The van der Waals surface area contributed by atoms with Gasteiger partial charge in [-0.1, -0.05) is 57.9 Å². The number of hydrogen-bond donors (Lipinski definition) is 0. The fourth-order valence-corrected chi connectivity index (χ4v) is 3.70. The van der Waals surface area contributed by atoms with Crippen molar-refractivity contribution < 1.29 is 0 Å². The van der Waals surface area contributed by atoms with E-state index in [9.17, 15) is 0 Å². The van der Waals surface area contributed by atoms with E-state index < -0.39 is 0 Å². The van der Waals surface area contributed by atoms with Crippen molar-refractivity contribution in [2.24, 2.45) is 22.7 Å². The maximum atomic E-state index is 2.46. The number of hydrogen-bond acceptors (Lipinski definition) is 0. The zero-order chi connectivity index (χ0) is 12.1. The number of fused-ring (bicyclic) bond motifs is 1. The minimum Gasteiger partial charge on any atom is -0.0727 e. The molecule has 0 N–H and O–H groups in total. The number of rotatable bonds is 0. The zero-order valence-electron chi connectivity index (χ0n) is 11.7. The van der Waals surface area contributed by atoms with Crippen molar-refractivity contribution >= 4 is 0 Å². The van der Waals surface area contributed by atoms with Gasteiger partial charge in [-0.25, -0.2) is 0 Å². The van der Waals surface area contributed by atoms with Gasteiger partial charge in [0.25, 0.3) is 0 Å². The molecule has 0 aromatic rings.